The summed E-state index contributed by atoms with van der Waals surface area (Å²) >= 11 is 0. The number of amides is 2. The SMILES string of the molecule is CCOC(=O)N1CCN(c2cccc(NC(C)=O)n2)CC1. The van der Waals surface area contributed by atoms with Gasteiger partial charge in [-0.05, 0) is 19.1 Å². The van der Waals surface area contributed by atoms with Crippen LogP contribution in [-0.2, 0) is 9.53 Å². The zero-order chi connectivity index (χ0) is 15.2. The Morgan fingerprint density at radius 1 is 1.29 bits per heavy atom. The highest BCUT2D eigenvalue weighted by Crippen LogP contribution is 2.16. The highest BCUT2D eigenvalue weighted by Gasteiger charge is 2.22. The number of hydrogen-bond acceptors (Lipinski definition) is 5. The van der Waals surface area contributed by atoms with Crippen LogP contribution in [0.1, 0.15) is 13.8 Å². The number of nitrogens with one attached hydrogen (secondary N) is 1. The summed E-state index contributed by atoms with van der Waals surface area (Å²) in [6, 6.07) is 5.50. The van der Waals surface area contributed by atoms with Crippen molar-refractivity contribution in [2.45, 2.75) is 13.8 Å². The minimum absolute atomic E-state index is 0.146. The van der Waals surface area contributed by atoms with E-state index in [2.05, 4.69) is 15.2 Å². The molecule has 2 rings (SSSR count). The quantitative estimate of drug-likeness (QED) is 0.909. The smallest absolute Gasteiger partial charge is 0.409 e. The van der Waals surface area contributed by atoms with E-state index in [4.69, 9.17) is 4.74 Å². The lowest BCUT2D eigenvalue weighted by molar-refractivity contribution is -0.114. The van der Waals surface area contributed by atoms with Gasteiger partial charge in [-0.1, -0.05) is 6.07 Å². The minimum atomic E-state index is -0.267. The fourth-order valence-electron chi connectivity index (χ4n) is 2.18. The number of nitrogens with zero attached hydrogens (tertiary/aromatic N) is 3. The van der Waals surface area contributed by atoms with E-state index in [1.807, 2.05) is 12.1 Å². The molecule has 1 aromatic rings. The number of rotatable bonds is 3. The van der Waals surface area contributed by atoms with E-state index in [1.165, 1.54) is 6.92 Å². The first-order valence-corrected chi connectivity index (χ1v) is 7.01. The normalized spacial score (nSPS) is 14.8. The molecule has 114 valence electrons. The number of anilines is 2. The average Bonchev–Trinajstić information content (AvgIpc) is 2.47. The molecule has 2 heterocycles. The standard InChI is InChI=1S/C14H20N4O3/c1-3-21-14(20)18-9-7-17(8-10-18)13-6-4-5-12(16-13)15-11(2)19/h4-6H,3,7-10H2,1-2H3,(H,15,16,19). The van der Waals surface area contributed by atoms with Crippen molar-refractivity contribution in [3.05, 3.63) is 18.2 Å². The number of aromatic nitrogens is 1. The van der Waals surface area contributed by atoms with Gasteiger partial charge >= 0.3 is 6.09 Å². The summed E-state index contributed by atoms with van der Waals surface area (Å²) in [5, 5.41) is 2.67. The van der Waals surface area contributed by atoms with Gasteiger partial charge in [0.05, 0.1) is 6.61 Å². The molecule has 2 amide bonds. The van der Waals surface area contributed by atoms with E-state index in [1.54, 1.807) is 17.9 Å². The predicted octanol–water partition coefficient (Wildman–Crippen LogP) is 1.32. The summed E-state index contributed by atoms with van der Waals surface area (Å²) in [5.74, 6) is 1.18. The fraction of sp³-hybridized carbons (Fsp3) is 0.500. The van der Waals surface area contributed by atoms with Gasteiger partial charge < -0.3 is 19.9 Å². The molecule has 1 N–H and O–H groups in total. The first-order valence-electron chi connectivity index (χ1n) is 7.01. The Morgan fingerprint density at radius 3 is 2.62 bits per heavy atom. The molecule has 0 saturated carbocycles. The second-order valence-electron chi connectivity index (χ2n) is 4.74. The number of hydrogen-bond donors (Lipinski definition) is 1. The second kappa shape index (κ2) is 6.92. The van der Waals surface area contributed by atoms with Gasteiger partial charge in [0.15, 0.2) is 0 Å². The van der Waals surface area contributed by atoms with Crippen molar-refractivity contribution >= 4 is 23.6 Å². The lowest BCUT2D eigenvalue weighted by atomic mass is 10.3. The zero-order valence-electron chi connectivity index (χ0n) is 12.3. The minimum Gasteiger partial charge on any atom is -0.450 e. The Morgan fingerprint density at radius 2 is 2.00 bits per heavy atom. The largest absolute Gasteiger partial charge is 0.450 e. The molecule has 1 aliphatic heterocycles. The van der Waals surface area contributed by atoms with Gasteiger partial charge in [-0.3, -0.25) is 4.79 Å². The Kier molecular flexibility index (Phi) is 4.97. The maximum Gasteiger partial charge on any atom is 0.409 e. The number of pyridine rings is 1. The molecule has 0 atom stereocenters. The molecule has 7 heteroatoms. The van der Waals surface area contributed by atoms with Gasteiger partial charge in [0, 0.05) is 33.1 Å². The van der Waals surface area contributed by atoms with Crippen LogP contribution in [0.4, 0.5) is 16.4 Å². The maximum atomic E-state index is 11.6. The average molecular weight is 292 g/mol. The molecule has 1 aromatic heterocycles. The van der Waals surface area contributed by atoms with Gasteiger partial charge in [-0.25, -0.2) is 9.78 Å². The van der Waals surface area contributed by atoms with Crippen molar-refractivity contribution in [1.82, 2.24) is 9.88 Å². The second-order valence-corrected chi connectivity index (χ2v) is 4.74. The van der Waals surface area contributed by atoms with Crippen LogP contribution in [-0.4, -0.2) is 54.7 Å². The van der Waals surface area contributed by atoms with Crippen LogP contribution < -0.4 is 10.2 Å². The first kappa shape index (κ1) is 15.1. The molecular formula is C14H20N4O3. The molecule has 0 unspecified atom stereocenters. The number of piperazine rings is 1. The molecule has 0 radical (unpaired) electrons. The summed E-state index contributed by atoms with van der Waals surface area (Å²) in [6.45, 7) is 6.22. The van der Waals surface area contributed by atoms with E-state index in [0.717, 1.165) is 5.82 Å². The Labute approximate surface area is 123 Å². The number of carbonyl (C=O) groups excluding carboxylic acids is 2. The summed E-state index contributed by atoms with van der Waals surface area (Å²) in [7, 11) is 0. The molecule has 21 heavy (non-hydrogen) atoms. The lowest BCUT2D eigenvalue weighted by Gasteiger charge is -2.34. The predicted molar refractivity (Wildman–Crippen MR) is 79.3 cm³/mol. The Bertz CT molecular complexity index is 513. The molecule has 0 bridgehead atoms. The fourth-order valence-corrected chi connectivity index (χ4v) is 2.18. The van der Waals surface area contributed by atoms with Gasteiger partial charge in [-0.2, -0.15) is 0 Å². The van der Waals surface area contributed by atoms with Crippen molar-refractivity contribution in [2.75, 3.05) is 43.0 Å². The van der Waals surface area contributed by atoms with Crippen LogP contribution in [0.3, 0.4) is 0 Å². The maximum absolute atomic E-state index is 11.6. The third-order valence-electron chi connectivity index (χ3n) is 3.17. The third kappa shape index (κ3) is 4.08. The molecule has 1 aliphatic rings. The molecule has 7 nitrogen and oxygen atoms in total. The summed E-state index contributed by atoms with van der Waals surface area (Å²) in [5.41, 5.74) is 0. The molecule has 1 fully saturated rings. The van der Waals surface area contributed by atoms with Crippen molar-refractivity contribution < 1.29 is 14.3 Å². The summed E-state index contributed by atoms with van der Waals surface area (Å²) in [4.78, 5) is 30.9. The van der Waals surface area contributed by atoms with E-state index >= 15 is 0 Å². The van der Waals surface area contributed by atoms with E-state index in [0.29, 0.717) is 38.6 Å². The highest BCUT2D eigenvalue weighted by molar-refractivity contribution is 5.87. The monoisotopic (exact) mass is 292 g/mol. The first-order chi connectivity index (χ1) is 10.1. The van der Waals surface area contributed by atoms with Crippen LogP contribution >= 0.6 is 0 Å². The van der Waals surface area contributed by atoms with Gasteiger partial charge in [0.2, 0.25) is 5.91 Å². The van der Waals surface area contributed by atoms with Crippen LogP contribution in [0.2, 0.25) is 0 Å². The number of ether oxygens (including phenoxy) is 1. The Balaban J connectivity index is 1.95. The Hall–Kier alpha value is -2.31. The molecule has 0 spiro atoms. The van der Waals surface area contributed by atoms with Crippen LogP contribution in [0.5, 0.6) is 0 Å². The number of carbonyl (C=O) groups is 2. The van der Waals surface area contributed by atoms with Crippen LogP contribution in [0.25, 0.3) is 0 Å². The highest BCUT2D eigenvalue weighted by atomic mass is 16.6. The van der Waals surface area contributed by atoms with E-state index < -0.39 is 0 Å². The van der Waals surface area contributed by atoms with E-state index in [-0.39, 0.29) is 12.0 Å². The summed E-state index contributed by atoms with van der Waals surface area (Å²) < 4.78 is 4.99. The van der Waals surface area contributed by atoms with Gasteiger partial charge in [-0.15, -0.1) is 0 Å². The topological polar surface area (TPSA) is 74.8 Å². The van der Waals surface area contributed by atoms with Crippen molar-refractivity contribution in [3.63, 3.8) is 0 Å². The van der Waals surface area contributed by atoms with Gasteiger partial charge in [0.1, 0.15) is 11.6 Å². The molecule has 0 aliphatic carbocycles. The van der Waals surface area contributed by atoms with Gasteiger partial charge in [0.25, 0.3) is 0 Å². The molecule has 1 saturated heterocycles. The lowest BCUT2D eigenvalue weighted by Crippen LogP contribution is -2.49. The van der Waals surface area contributed by atoms with Crippen molar-refractivity contribution in [1.29, 1.82) is 0 Å². The van der Waals surface area contributed by atoms with Crippen LogP contribution in [0.15, 0.2) is 18.2 Å². The molecule has 0 aromatic carbocycles. The van der Waals surface area contributed by atoms with Crippen molar-refractivity contribution in [3.8, 4) is 0 Å². The van der Waals surface area contributed by atoms with Crippen LogP contribution in [0, 0.1) is 0 Å². The zero-order valence-corrected chi connectivity index (χ0v) is 12.3. The summed E-state index contributed by atoms with van der Waals surface area (Å²) in [6.07, 6.45) is -0.267. The third-order valence-corrected chi connectivity index (χ3v) is 3.17. The molecular weight excluding hydrogens is 272 g/mol. The van der Waals surface area contributed by atoms with E-state index in [9.17, 15) is 9.59 Å². The van der Waals surface area contributed by atoms with Crippen molar-refractivity contribution in [2.24, 2.45) is 0 Å².